The molecular formula is C14H16N4O3. The van der Waals surface area contributed by atoms with Gasteiger partial charge < -0.3 is 10.1 Å². The molecule has 0 radical (unpaired) electrons. The Labute approximate surface area is 122 Å². The van der Waals surface area contributed by atoms with E-state index in [1.165, 1.54) is 7.11 Å². The summed E-state index contributed by atoms with van der Waals surface area (Å²) in [6.07, 6.45) is 0. The average Bonchev–Trinajstić information content (AvgIpc) is 2.46. The fourth-order valence-corrected chi connectivity index (χ4v) is 1.98. The van der Waals surface area contributed by atoms with Gasteiger partial charge in [-0.25, -0.2) is 4.98 Å². The van der Waals surface area contributed by atoms with Crippen LogP contribution in [0.1, 0.15) is 24.4 Å². The highest BCUT2D eigenvalue weighted by molar-refractivity contribution is 5.62. The van der Waals surface area contributed by atoms with E-state index >= 15 is 0 Å². The molecule has 7 heteroatoms. The normalized spacial score (nSPS) is 11.8. The average molecular weight is 288 g/mol. The van der Waals surface area contributed by atoms with Gasteiger partial charge in [0.25, 0.3) is 5.88 Å². The van der Waals surface area contributed by atoms with Crippen molar-refractivity contribution < 1.29 is 9.66 Å². The van der Waals surface area contributed by atoms with Crippen LogP contribution < -0.4 is 10.1 Å². The Morgan fingerprint density at radius 3 is 2.52 bits per heavy atom. The van der Waals surface area contributed by atoms with Crippen LogP contribution in [0.15, 0.2) is 30.3 Å². The fraction of sp³-hybridized carbons (Fsp3) is 0.286. The number of methoxy groups -OCH3 is 1. The molecule has 110 valence electrons. The molecule has 0 fully saturated rings. The van der Waals surface area contributed by atoms with Gasteiger partial charge in [-0.1, -0.05) is 30.3 Å². The van der Waals surface area contributed by atoms with Crippen molar-refractivity contribution in [2.45, 2.75) is 19.9 Å². The van der Waals surface area contributed by atoms with E-state index in [2.05, 4.69) is 15.3 Å². The van der Waals surface area contributed by atoms with Gasteiger partial charge in [0, 0.05) is 0 Å². The van der Waals surface area contributed by atoms with Gasteiger partial charge in [-0.3, -0.25) is 10.1 Å². The van der Waals surface area contributed by atoms with Crippen molar-refractivity contribution in [2.24, 2.45) is 0 Å². The van der Waals surface area contributed by atoms with Crippen LogP contribution in [0.4, 0.5) is 11.5 Å². The van der Waals surface area contributed by atoms with Crippen LogP contribution in [-0.4, -0.2) is 22.0 Å². The number of rotatable bonds is 5. The molecule has 1 N–H and O–H groups in total. The summed E-state index contributed by atoms with van der Waals surface area (Å²) in [7, 11) is 1.35. The molecule has 1 aromatic heterocycles. The molecule has 0 aliphatic rings. The number of aryl methyl sites for hydroxylation is 1. The summed E-state index contributed by atoms with van der Waals surface area (Å²) in [6, 6.07) is 9.48. The van der Waals surface area contributed by atoms with Gasteiger partial charge in [-0.15, -0.1) is 0 Å². The maximum Gasteiger partial charge on any atom is 0.372 e. The van der Waals surface area contributed by atoms with Crippen LogP contribution >= 0.6 is 0 Å². The number of ether oxygens (including phenoxy) is 1. The van der Waals surface area contributed by atoms with Crippen molar-refractivity contribution in [2.75, 3.05) is 12.4 Å². The van der Waals surface area contributed by atoms with E-state index in [-0.39, 0.29) is 23.4 Å². The number of nitro groups is 1. The maximum atomic E-state index is 11.2. The molecule has 21 heavy (non-hydrogen) atoms. The summed E-state index contributed by atoms with van der Waals surface area (Å²) >= 11 is 0. The molecule has 1 heterocycles. The van der Waals surface area contributed by atoms with Crippen molar-refractivity contribution in [1.82, 2.24) is 9.97 Å². The molecule has 0 bridgehead atoms. The summed E-state index contributed by atoms with van der Waals surface area (Å²) < 4.78 is 4.98. The van der Waals surface area contributed by atoms with Gasteiger partial charge >= 0.3 is 5.69 Å². The fourth-order valence-electron chi connectivity index (χ4n) is 1.98. The Bertz CT molecular complexity index is 646. The summed E-state index contributed by atoms with van der Waals surface area (Å²) in [5.74, 6) is 0.510. The monoisotopic (exact) mass is 288 g/mol. The van der Waals surface area contributed by atoms with E-state index in [1.54, 1.807) is 6.92 Å². The lowest BCUT2D eigenvalue weighted by Crippen LogP contribution is -2.12. The number of nitrogens with one attached hydrogen (secondary N) is 1. The smallest absolute Gasteiger partial charge is 0.372 e. The Hall–Kier alpha value is -2.70. The van der Waals surface area contributed by atoms with Gasteiger partial charge in [0.05, 0.1) is 18.1 Å². The standard InChI is InChI=1S/C14H16N4O3/c1-9(11-7-5-4-6-8-11)15-13-12(18(19)20)14(21-3)17-10(2)16-13/h4-9H,1-3H3,(H,15,16,17). The van der Waals surface area contributed by atoms with Crippen molar-refractivity contribution in [1.29, 1.82) is 0 Å². The Balaban J connectivity index is 2.39. The lowest BCUT2D eigenvalue weighted by atomic mass is 10.1. The molecule has 0 saturated carbocycles. The zero-order chi connectivity index (χ0) is 15.4. The third-order valence-corrected chi connectivity index (χ3v) is 2.99. The lowest BCUT2D eigenvalue weighted by Gasteiger charge is -2.15. The number of benzene rings is 1. The second-order valence-corrected chi connectivity index (χ2v) is 4.51. The Kier molecular flexibility index (Phi) is 4.32. The van der Waals surface area contributed by atoms with Crippen LogP contribution in [0.5, 0.6) is 5.88 Å². The van der Waals surface area contributed by atoms with Gasteiger partial charge in [0.1, 0.15) is 5.82 Å². The van der Waals surface area contributed by atoms with E-state index in [9.17, 15) is 10.1 Å². The minimum absolute atomic E-state index is 0.0461. The first-order valence-electron chi connectivity index (χ1n) is 6.41. The maximum absolute atomic E-state index is 11.2. The van der Waals surface area contributed by atoms with Crippen LogP contribution in [0.3, 0.4) is 0 Å². The first kappa shape index (κ1) is 14.7. The molecule has 7 nitrogen and oxygen atoms in total. The highest BCUT2D eigenvalue weighted by Gasteiger charge is 2.26. The molecule has 1 unspecified atom stereocenters. The van der Waals surface area contributed by atoms with E-state index in [1.807, 2.05) is 37.3 Å². The van der Waals surface area contributed by atoms with Crippen molar-refractivity contribution in [3.05, 3.63) is 51.8 Å². The third-order valence-electron chi connectivity index (χ3n) is 2.99. The minimum Gasteiger partial charge on any atom is -0.476 e. The van der Waals surface area contributed by atoms with Crippen molar-refractivity contribution in [3.63, 3.8) is 0 Å². The van der Waals surface area contributed by atoms with Crippen LogP contribution in [0.2, 0.25) is 0 Å². The zero-order valence-corrected chi connectivity index (χ0v) is 12.0. The molecule has 1 atom stereocenters. The number of nitrogens with zero attached hydrogens (tertiary/aromatic N) is 3. The van der Waals surface area contributed by atoms with E-state index in [0.29, 0.717) is 5.82 Å². The van der Waals surface area contributed by atoms with Crippen molar-refractivity contribution in [3.8, 4) is 5.88 Å². The largest absolute Gasteiger partial charge is 0.476 e. The number of aromatic nitrogens is 2. The molecule has 0 saturated heterocycles. The Morgan fingerprint density at radius 2 is 1.95 bits per heavy atom. The summed E-state index contributed by atoms with van der Waals surface area (Å²) in [6.45, 7) is 3.56. The van der Waals surface area contributed by atoms with Crippen molar-refractivity contribution >= 4 is 11.5 Å². The van der Waals surface area contributed by atoms with Gasteiger partial charge in [0.2, 0.25) is 5.82 Å². The number of hydrogen-bond donors (Lipinski definition) is 1. The summed E-state index contributed by atoms with van der Waals surface area (Å²) in [4.78, 5) is 18.8. The first-order valence-corrected chi connectivity index (χ1v) is 6.41. The number of hydrogen-bond acceptors (Lipinski definition) is 6. The van der Waals surface area contributed by atoms with Gasteiger partial charge in [-0.2, -0.15) is 4.98 Å². The molecule has 0 amide bonds. The van der Waals surface area contributed by atoms with Crippen LogP contribution in [0.25, 0.3) is 0 Å². The molecule has 0 aliphatic carbocycles. The minimum atomic E-state index is -0.543. The predicted molar refractivity (Wildman–Crippen MR) is 78.5 cm³/mol. The first-order chi connectivity index (χ1) is 10.0. The van der Waals surface area contributed by atoms with E-state index in [4.69, 9.17) is 4.74 Å². The molecule has 1 aromatic carbocycles. The van der Waals surface area contributed by atoms with E-state index in [0.717, 1.165) is 5.56 Å². The predicted octanol–water partition coefficient (Wildman–Crippen LogP) is 2.87. The van der Waals surface area contributed by atoms with Crippen LogP contribution in [-0.2, 0) is 0 Å². The molecular weight excluding hydrogens is 272 g/mol. The highest BCUT2D eigenvalue weighted by atomic mass is 16.6. The van der Waals surface area contributed by atoms with Crippen LogP contribution in [0, 0.1) is 17.0 Å². The number of anilines is 1. The molecule has 2 rings (SSSR count). The Morgan fingerprint density at radius 1 is 1.29 bits per heavy atom. The van der Waals surface area contributed by atoms with E-state index < -0.39 is 4.92 Å². The third kappa shape index (κ3) is 3.25. The van der Waals surface area contributed by atoms with Gasteiger partial charge in [-0.05, 0) is 19.4 Å². The summed E-state index contributed by atoms with van der Waals surface area (Å²) in [5.41, 5.74) is 0.743. The second kappa shape index (κ2) is 6.17. The topological polar surface area (TPSA) is 90.2 Å². The molecule has 0 spiro atoms. The quantitative estimate of drug-likeness (QED) is 0.672. The molecule has 0 aliphatic heterocycles. The van der Waals surface area contributed by atoms with Gasteiger partial charge in [0.15, 0.2) is 0 Å². The molecule has 2 aromatic rings. The summed E-state index contributed by atoms with van der Waals surface area (Å²) in [5, 5.41) is 14.3. The SMILES string of the molecule is COc1nc(C)nc(NC(C)c2ccccc2)c1[N+](=O)[O-]. The zero-order valence-electron chi connectivity index (χ0n) is 12.0. The highest BCUT2D eigenvalue weighted by Crippen LogP contribution is 2.33. The second-order valence-electron chi connectivity index (χ2n) is 4.51. The lowest BCUT2D eigenvalue weighted by molar-refractivity contribution is -0.385.